The Morgan fingerprint density at radius 3 is 2.82 bits per heavy atom. The smallest absolute Gasteiger partial charge is 0.326 e. The predicted molar refractivity (Wildman–Crippen MR) is 63.7 cm³/mol. The van der Waals surface area contributed by atoms with Gasteiger partial charge in [-0.1, -0.05) is 30.3 Å². The molecule has 0 saturated carbocycles. The number of benzene rings is 1. The van der Waals surface area contributed by atoms with Crippen molar-refractivity contribution in [2.24, 2.45) is 5.73 Å². The van der Waals surface area contributed by atoms with Crippen LogP contribution < -0.4 is 5.73 Å². The molecule has 0 radical (unpaired) electrons. The second kappa shape index (κ2) is 4.85. The predicted octanol–water partition coefficient (Wildman–Crippen LogP) is 1.19. The van der Waals surface area contributed by atoms with Gasteiger partial charge in [0.15, 0.2) is 0 Å². The number of nitrogens with two attached hydrogens (primary N) is 1. The normalized spacial score (nSPS) is 28.2. The van der Waals surface area contributed by atoms with Crippen LogP contribution in [0.5, 0.6) is 0 Å². The van der Waals surface area contributed by atoms with Gasteiger partial charge in [0.05, 0.1) is 6.10 Å². The number of hydrogen-bond acceptors (Lipinski definition) is 3. The summed E-state index contributed by atoms with van der Waals surface area (Å²) in [7, 11) is 0. The van der Waals surface area contributed by atoms with Crippen LogP contribution in [0.1, 0.15) is 18.4 Å². The summed E-state index contributed by atoms with van der Waals surface area (Å²) in [5.41, 5.74) is 5.85. The van der Waals surface area contributed by atoms with Gasteiger partial charge in [0.25, 0.3) is 0 Å². The Hall–Kier alpha value is -1.39. The van der Waals surface area contributed by atoms with Crippen molar-refractivity contribution < 1.29 is 14.6 Å². The summed E-state index contributed by atoms with van der Waals surface area (Å²) in [5.74, 6) is -0.965. The number of carbonyl (C=O) groups is 1. The van der Waals surface area contributed by atoms with Crippen LogP contribution in [0, 0.1) is 0 Å². The number of carboxylic acid groups (broad SMARTS) is 1. The highest BCUT2D eigenvalue weighted by atomic mass is 16.5. The molecule has 3 N–H and O–H groups in total. The zero-order valence-corrected chi connectivity index (χ0v) is 9.63. The second-order valence-corrected chi connectivity index (χ2v) is 4.48. The maximum atomic E-state index is 11.1. The van der Waals surface area contributed by atoms with Crippen LogP contribution in [0.2, 0.25) is 0 Å². The monoisotopic (exact) mass is 235 g/mol. The van der Waals surface area contributed by atoms with Crippen molar-refractivity contribution in [1.82, 2.24) is 0 Å². The number of ether oxygens (including phenoxy) is 1. The molecule has 1 aromatic carbocycles. The van der Waals surface area contributed by atoms with Gasteiger partial charge in [0.1, 0.15) is 5.54 Å². The first-order valence-electron chi connectivity index (χ1n) is 5.81. The number of aliphatic carboxylic acids is 1. The number of hydrogen-bond donors (Lipinski definition) is 2. The standard InChI is InChI=1S/C13H17NO3/c14-13(12(15)16)8-9-17-11(13)7-6-10-4-2-1-3-5-10/h1-5,11H,6-9,14H2,(H,15,16). The molecule has 17 heavy (non-hydrogen) atoms. The van der Waals surface area contributed by atoms with Crippen LogP contribution in [-0.2, 0) is 16.0 Å². The van der Waals surface area contributed by atoms with E-state index >= 15 is 0 Å². The molecule has 0 aliphatic carbocycles. The first kappa shape index (κ1) is 12.1. The van der Waals surface area contributed by atoms with Crippen molar-refractivity contribution in [3.63, 3.8) is 0 Å². The average molecular weight is 235 g/mol. The molecule has 1 fully saturated rings. The lowest BCUT2D eigenvalue weighted by Gasteiger charge is -2.25. The lowest BCUT2D eigenvalue weighted by molar-refractivity contribution is -0.145. The van der Waals surface area contributed by atoms with Gasteiger partial charge in [0.2, 0.25) is 0 Å². The molecule has 1 aliphatic rings. The Labute approximate surface area is 100 Å². The highest BCUT2D eigenvalue weighted by Gasteiger charge is 2.46. The summed E-state index contributed by atoms with van der Waals surface area (Å²) in [6.45, 7) is 0.433. The fourth-order valence-electron chi connectivity index (χ4n) is 2.21. The molecule has 1 aromatic rings. The minimum atomic E-state index is -1.21. The second-order valence-electron chi connectivity index (χ2n) is 4.48. The third-order valence-corrected chi connectivity index (χ3v) is 3.35. The number of rotatable bonds is 4. The van der Waals surface area contributed by atoms with E-state index in [2.05, 4.69) is 0 Å². The van der Waals surface area contributed by atoms with Crippen molar-refractivity contribution in [1.29, 1.82) is 0 Å². The third-order valence-electron chi connectivity index (χ3n) is 3.35. The van der Waals surface area contributed by atoms with Crippen LogP contribution in [-0.4, -0.2) is 29.3 Å². The largest absolute Gasteiger partial charge is 0.480 e. The van der Waals surface area contributed by atoms with Gasteiger partial charge < -0.3 is 15.6 Å². The third kappa shape index (κ3) is 2.48. The first-order chi connectivity index (χ1) is 8.13. The van der Waals surface area contributed by atoms with E-state index in [1.807, 2.05) is 30.3 Å². The van der Waals surface area contributed by atoms with E-state index in [9.17, 15) is 4.79 Å². The zero-order chi connectivity index (χ0) is 12.3. The fourth-order valence-corrected chi connectivity index (χ4v) is 2.21. The number of aryl methyl sites for hydroxylation is 1. The van der Waals surface area contributed by atoms with Crippen LogP contribution >= 0.6 is 0 Å². The SMILES string of the molecule is NC1(C(=O)O)CCOC1CCc1ccccc1. The van der Waals surface area contributed by atoms with E-state index in [0.717, 1.165) is 6.42 Å². The Morgan fingerprint density at radius 1 is 1.47 bits per heavy atom. The molecule has 0 bridgehead atoms. The highest BCUT2D eigenvalue weighted by molar-refractivity contribution is 5.79. The van der Waals surface area contributed by atoms with Gasteiger partial charge in [-0.2, -0.15) is 0 Å². The van der Waals surface area contributed by atoms with Crippen LogP contribution in [0.15, 0.2) is 30.3 Å². The molecule has 2 unspecified atom stereocenters. The Balaban J connectivity index is 1.97. The molecular weight excluding hydrogens is 218 g/mol. The maximum absolute atomic E-state index is 11.1. The van der Waals surface area contributed by atoms with Gasteiger partial charge in [-0.25, -0.2) is 0 Å². The molecule has 4 heteroatoms. The molecule has 1 saturated heterocycles. The van der Waals surface area contributed by atoms with Gasteiger partial charge in [-0.15, -0.1) is 0 Å². The molecule has 92 valence electrons. The molecule has 2 atom stereocenters. The minimum Gasteiger partial charge on any atom is -0.480 e. The Bertz CT molecular complexity index is 393. The van der Waals surface area contributed by atoms with Crippen molar-refractivity contribution in [2.75, 3.05) is 6.61 Å². The van der Waals surface area contributed by atoms with Gasteiger partial charge in [0, 0.05) is 13.0 Å². The van der Waals surface area contributed by atoms with Crippen LogP contribution in [0.4, 0.5) is 0 Å². The maximum Gasteiger partial charge on any atom is 0.326 e. The molecule has 4 nitrogen and oxygen atoms in total. The molecule has 0 aromatic heterocycles. The summed E-state index contributed by atoms with van der Waals surface area (Å²) in [6.07, 6.45) is 1.44. The number of carboxylic acids is 1. The fraction of sp³-hybridized carbons (Fsp3) is 0.462. The zero-order valence-electron chi connectivity index (χ0n) is 9.63. The first-order valence-corrected chi connectivity index (χ1v) is 5.81. The lowest BCUT2D eigenvalue weighted by Crippen LogP contribution is -2.54. The minimum absolute atomic E-state index is 0.389. The highest BCUT2D eigenvalue weighted by Crippen LogP contribution is 2.27. The van der Waals surface area contributed by atoms with Crippen molar-refractivity contribution in [2.45, 2.75) is 30.9 Å². The van der Waals surface area contributed by atoms with E-state index in [4.69, 9.17) is 15.6 Å². The molecule has 0 amide bonds. The average Bonchev–Trinajstić information content (AvgIpc) is 2.71. The van der Waals surface area contributed by atoms with Crippen molar-refractivity contribution in [3.8, 4) is 0 Å². The van der Waals surface area contributed by atoms with Gasteiger partial charge in [-0.3, -0.25) is 4.79 Å². The lowest BCUT2D eigenvalue weighted by atomic mass is 9.89. The van der Waals surface area contributed by atoms with Crippen molar-refractivity contribution in [3.05, 3.63) is 35.9 Å². The topological polar surface area (TPSA) is 72.6 Å². The van der Waals surface area contributed by atoms with E-state index < -0.39 is 11.5 Å². The van der Waals surface area contributed by atoms with Gasteiger partial charge >= 0.3 is 5.97 Å². The Kier molecular flexibility index (Phi) is 3.45. The Morgan fingerprint density at radius 2 is 2.18 bits per heavy atom. The summed E-state index contributed by atoms with van der Waals surface area (Å²) in [5, 5.41) is 9.14. The molecule has 2 rings (SSSR count). The molecule has 1 aliphatic heterocycles. The summed E-state index contributed by atoms with van der Waals surface area (Å²) in [6, 6.07) is 9.94. The summed E-state index contributed by atoms with van der Waals surface area (Å²) >= 11 is 0. The summed E-state index contributed by atoms with van der Waals surface area (Å²) in [4.78, 5) is 11.1. The van der Waals surface area contributed by atoms with Crippen molar-refractivity contribution >= 4 is 5.97 Å². The van der Waals surface area contributed by atoms with E-state index in [-0.39, 0.29) is 6.10 Å². The molecular formula is C13H17NO3. The van der Waals surface area contributed by atoms with Crippen LogP contribution in [0.25, 0.3) is 0 Å². The van der Waals surface area contributed by atoms with E-state index in [1.165, 1.54) is 5.56 Å². The van der Waals surface area contributed by atoms with Crippen LogP contribution in [0.3, 0.4) is 0 Å². The van der Waals surface area contributed by atoms with Gasteiger partial charge in [-0.05, 0) is 18.4 Å². The molecule has 0 spiro atoms. The summed E-state index contributed by atoms with van der Waals surface area (Å²) < 4.78 is 5.45. The molecule has 1 heterocycles. The quantitative estimate of drug-likeness (QED) is 0.822. The van der Waals surface area contributed by atoms with E-state index in [1.54, 1.807) is 0 Å². The van der Waals surface area contributed by atoms with E-state index in [0.29, 0.717) is 19.4 Å².